The Hall–Kier alpha value is -4.08. The van der Waals surface area contributed by atoms with E-state index in [0.29, 0.717) is 5.39 Å². The maximum absolute atomic E-state index is 12.1. The van der Waals surface area contributed by atoms with E-state index in [0.717, 1.165) is 10.6 Å². The second kappa shape index (κ2) is 6.67. The van der Waals surface area contributed by atoms with Crippen LogP contribution in [0, 0.1) is 10.1 Å². The molecule has 2 aromatic carbocycles. The summed E-state index contributed by atoms with van der Waals surface area (Å²) in [5.41, 5.74) is -0.326. The van der Waals surface area contributed by atoms with Gasteiger partial charge in [-0.2, -0.15) is 0 Å². The van der Waals surface area contributed by atoms with Crippen molar-refractivity contribution in [2.24, 2.45) is 17.3 Å². The van der Waals surface area contributed by atoms with Crippen LogP contribution in [0.2, 0.25) is 0 Å². The molecule has 3 aromatic rings. The fourth-order valence-electron chi connectivity index (χ4n) is 2.48. The maximum atomic E-state index is 12.1. The summed E-state index contributed by atoms with van der Waals surface area (Å²) < 4.78 is 1.15. The van der Waals surface area contributed by atoms with Gasteiger partial charge in [-0.15, -0.1) is 10.2 Å². The van der Waals surface area contributed by atoms with Crippen molar-refractivity contribution in [1.82, 2.24) is 4.57 Å². The van der Waals surface area contributed by atoms with E-state index in [9.17, 15) is 29.9 Å². The lowest BCUT2D eigenvalue weighted by Crippen LogP contribution is -1.99. The van der Waals surface area contributed by atoms with Crippen molar-refractivity contribution in [3.05, 3.63) is 63.7 Å². The van der Waals surface area contributed by atoms with Crippen LogP contribution in [0.1, 0.15) is 20.7 Å². The van der Waals surface area contributed by atoms with Gasteiger partial charge >= 0.3 is 0 Å². The highest BCUT2D eigenvalue weighted by atomic mass is 16.6. The molecule has 0 aliphatic heterocycles. The van der Waals surface area contributed by atoms with Gasteiger partial charge in [0.15, 0.2) is 0 Å². The molecule has 1 aromatic heterocycles. The predicted octanol–water partition coefficient (Wildman–Crippen LogP) is 2.93. The summed E-state index contributed by atoms with van der Waals surface area (Å²) in [5, 5.41) is 37.7. The Kier molecular flexibility index (Phi) is 4.38. The second-order valence-electron chi connectivity index (χ2n) is 5.58. The quantitative estimate of drug-likeness (QED) is 0.412. The molecular formula is C17H12N4O6. The number of hydrogen-bond donors (Lipinski definition) is 2. The molecule has 2 N–H and O–H groups in total. The molecular weight excluding hydrogens is 356 g/mol. The van der Waals surface area contributed by atoms with E-state index in [2.05, 4.69) is 10.2 Å². The Bertz CT molecular complexity index is 1130. The molecule has 0 aliphatic carbocycles. The maximum Gasteiger partial charge on any atom is 0.295 e. The average Bonchev–Trinajstić information content (AvgIpc) is 2.89. The number of rotatable bonds is 3. The van der Waals surface area contributed by atoms with Gasteiger partial charge in [0.1, 0.15) is 0 Å². The van der Waals surface area contributed by atoms with E-state index in [-0.39, 0.29) is 34.0 Å². The Balaban J connectivity index is 1.85. The minimum Gasteiger partial charge on any atom is -0.494 e. The van der Waals surface area contributed by atoms with E-state index in [1.807, 2.05) is 0 Å². The first-order chi connectivity index (χ1) is 12.8. The standard InChI is InChI=1S/C17H12N4O6/c1-20-16(24)12-6-5-10(8-13(12)17(20)25)15(23)19-18-14(22)9-3-2-4-11(7-9)21(26)27/h2-8,24-25H,1H3. The lowest BCUT2D eigenvalue weighted by Gasteiger charge is -1.97. The van der Waals surface area contributed by atoms with E-state index in [1.165, 1.54) is 43.4 Å². The fourth-order valence-corrected chi connectivity index (χ4v) is 2.48. The van der Waals surface area contributed by atoms with Crippen LogP contribution >= 0.6 is 0 Å². The summed E-state index contributed by atoms with van der Waals surface area (Å²) in [6.45, 7) is 0. The minimum absolute atomic E-state index is 0.0407. The Morgan fingerprint density at radius 2 is 1.56 bits per heavy atom. The van der Waals surface area contributed by atoms with Crippen LogP contribution in [0.3, 0.4) is 0 Å². The highest BCUT2D eigenvalue weighted by Crippen LogP contribution is 2.35. The Morgan fingerprint density at radius 3 is 2.19 bits per heavy atom. The van der Waals surface area contributed by atoms with Crippen LogP contribution in [0.15, 0.2) is 52.7 Å². The first kappa shape index (κ1) is 17.7. The number of nitrogens with zero attached hydrogens (tertiary/aromatic N) is 4. The zero-order valence-electron chi connectivity index (χ0n) is 13.9. The number of nitro groups is 1. The molecule has 10 nitrogen and oxygen atoms in total. The Labute approximate surface area is 151 Å². The third kappa shape index (κ3) is 3.23. The molecule has 0 saturated carbocycles. The van der Waals surface area contributed by atoms with E-state index >= 15 is 0 Å². The zero-order chi connectivity index (χ0) is 19.7. The van der Waals surface area contributed by atoms with Crippen molar-refractivity contribution in [2.75, 3.05) is 0 Å². The molecule has 136 valence electrons. The van der Waals surface area contributed by atoms with Gasteiger partial charge in [0.2, 0.25) is 11.8 Å². The van der Waals surface area contributed by atoms with Gasteiger partial charge in [-0.05, 0) is 24.3 Å². The molecule has 0 unspecified atom stereocenters. The van der Waals surface area contributed by atoms with Gasteiger partial charge in [0, 0.05) is 35.5 Å². The molecule has 3 rings (SSSR count). The van der Waals surface area contributed by atoms with Crippen LogP contribution in [-0.4, -0.2) is 31.5 Å². The van der Waals surface area contributed by atoms with Crippen molar-refractivity contribution in [1.29, 1.82) is 0 Å². The first-order valence-electron chi connectivity index (χ1n) is 7.55. The highest BCUT2D eigenvalue weighted by Gasteiger charge is 2.16. The molecule has 2 amide bonds. The van der Waals surface area contributed by atoms with Gasteiger partial charge in [-0.1, -0.05) is 6.07 Å². The van der Waals surface area contributed by atoms with Gasteiger partial charge < -0.3 is 10.2 Å². The minimum atomic E-state index is -0.909. The largest absolute Gasteiger partial charge is 0.494 e. The molecule has 0 radical (unpaired) electrons. The van der Waals surface area contributed by atoms with Crippen LogP contribution in [0.25, 0.3) is 10.8 Å². The molecule has 0 fully saturated rings. The van der Waals surface area contributed by atoms with Gasteiger partial charge in [0.05, 0.1) is 10.5 Å². The topological polar surface area (TPSA) is 147 Å². The van der Waals surface area contributed by atoms with Crippen molar-refractivity contribution in [3.63, 3.8) is 0 Å². The molecule has 10 heteroatoms. The summed E-state index contributed by atoms with van der Waals surface area (Å²) >= 11 is 0. The van der Waals surface area contributed by atoms with Gasteiger partial charge in [0.25, 0.3) is 17.5 Å². The second-order valence-corrected chi connectivity index (χ2v) is 5.58. The predicted molar refractivity (Wildman–Crippen MR) is 92.9 cm³/mol. The average molecular weight is 368 g/mol. The first-order valence-corrected chi connectivity index (χ1v) is 7.55. The molecule has 0 aliphatic rings. The van der Waals surface area contributed by atoms with Crippen LogP contribution in [-0.2, 0) is 7.05 Å². The number of fused-ring (bicyclic) bond motifs is 1. The number of azo groups is 1. The number of aromatic nitrogens is 1. The number of amides is 2. The summed E-state index contributed by atoms with van der Waals surface area (Å²) in [7, 11) is 1.45. The van der Waals surface area contributed by atoms with Crippen molar-refractivity contribution < 1.29 is 24.7 Å². The van der Waals surface area contributed by atoms with Crippen LogP contribution < -0.4 is 0 Å². The lowest BCUT2D eigenvalue weighted by atomic mass is 10.1. The smallest absolute Gasteiger partial charge is 0.295 e. The lowest BCUT2D eigenvalue weighted by molar-refractivity contribution is -0.384. The number of carbonyl (C=O) groups excluding carboxylic acids is 2. The molecule has 0 bridgehead atoms. The number of hydrogen-bond acceptors (Lipinski definition) is 6. The number of carbonyl (C=O) groups is 2. The molecule has 27 heavy (non-hydrogen) atoms. The van der Waals surface area contributed by atoms with E-state index in [1.54, 1.807) is 0 Å². The molecule has 0 saturated heterocycles. The number of nitro benzene ring substituents is 1. The summed E-state index contributed by atoms with van der Waals surface area (Å²) in [5.74, 6) is -2.16. The Morgan fingerprint density at radius 1 is 0.963 bits per heavy atom. The zero-order valence-corrected chi connectivity index (χ0v) is 13.9. The van der Waals surface area contributed by atoms with E-state index in [4.69, 9.17) is 0 Å². The van der Waals surface area contributed by atoms with E-state index < -0.39 is 16.7 Å². The monoisotopic (exact) mass is 368 g/mol. The van der Waals surface area contributed by atoms with Crippen molar-refractivity contribution >= 4 is 28.3 Å². The third-order valence-electron chi connectivity index (χ3n) is 3.92. The SMILES string of the molecule is Cn1c(O)c2ccc(C(=O)N=NC(=O)c3cccc([N+](=O)[O-])c3)cc2c1O. The summed E-state index contributed by atoms with van der Waals surface area (Å²) in [4.78, 5) is 34.2. The van der Waals surface area contributed by atoms with Crippen LogP contribution in [0.5, 0.6) is 11.8 Å². The van der Waals surface area contributed by atoms with Crippen molar-refractivity contribution in [3.8, 4) is 11.8 Å². The molecule has 0 spiro atoms. The highest BCUT2D eigenvalue weighted by molar-refractivity contribution is 6.03. The summed E-state index contributed by atoms with van der Waals surface area (Å²) in [6, 6.07) is 8.98. The third-order valence-corrected chi connectivity index (χ3v) is 3.92. The normalized spacial score (nSPS) is 11.1. The molecule has 1 heterocycles. The number of benzene rings is 2. The van der Waals surface area contributed by atoms with Gasteiger partial charge in [-0.3, -0.25) is 24.3 Å². The summed E-state index contributed by atoms with van der Waals surface area (Å²) in [6.07, 6.45) is 0. The van der Waals surface area contributed by atoms with Crippen LogP contribution in [0.4, 0.5) is 5.69 Å². The number of aromatic hydroxyl groups is 2. The van der Waals surface area contributed by atoms with Crippen molar-refractivity contribution in [2.45, 2.75) is 0 Å². The fraction of sp³-hybridized carbons (Fsp3) is 0.0588. The van der Waals surface area contributed by atoms with Gasteiger partial charge in [-0.25, -0.2) is 0 Å². The molecule has 0 atom stereocenters. The number of non-ortho nitro benzene ring substituents is 1.